The maximum Gasteiger partial charge on any atom is 0.247 e. The van der Waals surface area contributed by atoms with E-state index in [9.17, 15) is 5.11 Å². The highest BCUT2D eigenvalue weighted by atomic mass is 32.2. The zero-order valence-electron chi connectivity index (χ0n) is 14.8. The average molecular weight is 382 g/mol. The van der Waals surface area contributed by atoms with Gasteiger partial charge in [-0.2, -0.15) is 4.98 Å². The molecule has 0 radical (unpaired) electrons. The fraction of sp³-hybridized carbons (Fsp3) is 0.211. The van der Waals surface area contributed by atoms with E-state index in [1.54, 1.807) is 18.2 Å². The molecule has 2 aromatic carbocycles. The summed E-state index contributed by atoms with van der Waals surface area (Å²) in [5.41, 5.74) is 3.11. The summed E-state index contributed by atoms with van der Waals surface area (Å²) < 4.78 is 11.7. The smallest absolute Gasteiger partial charge is 0.247 e. The number of hydrogen-bond acceptors (Lipinski definition) is 8. The number of phenolic OH excluding ortho intramolecular Hbond substituents is 1. The zero-order valence-corrected chi connectivity index (χ0v) is 15.7. The van der Waals surface area contributed by atoms with E-state index in [0.29, 0.717) is 29.1 Å². The maximum absolute atomic E-state index is 9.98. The lowest BCUT2D eigenvalue weighted by Gasteiger charge is -2.20. The van der Waals surface area contributed by atoms with Gasteiger partial charge in [0, 0.05) is 16.8 Å². The summed E-state index contributed by atoms with van der Waals surface area (Å²) in [6, 6.07) is 12.9. The van der Waals surface area contributed by atoms with E-state index >= 15 is 0 Å². The normalized spacial score (nSPS) is 15.0. The standard InChI is InChI=1S/C19H18N4O3S/c1-3-25-15-10-11(8-9-14(15)24)17-20-13-7-5-4-6-12(13)16-18(26-17)21-19(27-2)23-22-16/h4-10,17,20,24H,3H2,1-2H3/t17-/m0/s1. The molecule has 27 heavy (non-hydrogen) atoms. The van der Waals surface area contributed by atoms with Crippen LogP contribution in [0.15, 0.2) is 47.6 Å². The SMILES string of the molecule is CCOc1cc([C@H]2Nc3ccccc3-c3nnc(SC)nc3O2)ccc1O. The molecule has 2 heterocycles. The summed E-state index contributed by atoms with van der Waals surface area (Å²) in [6.07, 6.45) is 1.36. The summed E-state index contributed by atoms with van der Waals surface area (Å²) in [4.78, 5) is 4.49. The van der Waals surface area contributed by atoms with E-state index in [0.717, 1.165) is 16.8 Å². The molecule has 0 aliphatic carbocycles. The van der Waals surface area contributed by atoms with Crippen molar-refractivity contribution in [1.82, 2.24) is 15.2 Å². The Bertz CT molecular complexity index is 983. The second kappa shape index (κ2) is 7.32. The lowest BCUT2D eigenvalue weighted by atomic mass is 10.1. The lowest BCUT2D eigenvalue weighted by Crippen LogP contribution is -2.17. The summed E-state index contributed by atoms with van der Waals surface area (Å²) in [5, 5.41) is 22.4. The third kappa shape index (κ3) is 3.35. The summed E-state index contributed by atoms with van der Waals surface area (Å²) in [6.45, 7) is 2.32. The van der Waals surface area contributed by atoms with Crippen molar-refractivity contribution in [2.24, 2.45) is 0 Å². The molecule has 0 bridgehead atoms. The molecule has 2 N–H and O–H groups in total. The van der Waals surface area contributed by atoms with Gasteiger partial charge in [-0.25, -0.2) is 0 Å². The number of anilines is 1. The zero-order chi connectivity index (χ0) is 18.8. The second-order valence-electron chi connectivity index (χ2n) is 5.80. The number of thioether (sulfide) groups is 1. The molecule has 7 nitrogen and oxygen atoms in total. The van der Waals surface area contributed by atoms with Crippen LogP contribution in [-0.4, -0.2) is 33.2 Å². The Morgan fingerprint density at radius 3 is 2.89 bits per heavy atom. The molecule has 3 aromatic rings. The van der Waals surface area contributed by atoms with Crippen LogP contribution >= 0.6 is 11.8 Å². The summed E-state index contributed by atoms with van der Waals surface area (Å²) in [5.74, 6) is 0.898. The van der Waals surface area contributed by atoms with Crippen LogP contribution in [0.25, 0.3) is 11.3 Å². The molecule has 0 saturated carbocycles. The quantitative estimate of drug-likeness (QED) is 0.658. The molecular formula is C19H18N4O3S. The first-order chi connectivity index (χ1) is 13.2. The van der Waals surface area contributed by atoms with Crippen LogP contribution < -0.4 is 14.8 Å². The van der Waals surface area contributed by atoms with Crippen molar-refractivity contribution >= 4 is 17.4 Å². The van der Waals surface area contributed by atoms with Gasteiger partial charge in [0.25, 0.3) is 0 Å². The number of ether oxygens (including phenoxy) is 2. The highest BCUT2D eigenvalue weighted by molar-refractivity contribution is 7.98. The Hall–Kier alpha value is -3.00. The molecule has 1 atom stereocenters. The average Bonchev–Trinajstić information content (AvgIpc) is 2.86. The fourth-order valence-corrected chi connectivity index (χ4v) is 3.15. The number of aromatic hydroxyl groups is 1. The Labute approximate surface area is 160 Å². The molecule has 0 fully saturated rings. The number of phenols is 1. The van der Waals surface area contributed by atoms with E-state index in [4.69, 9.17) is 9.47 Å². The predicted molar refractivity (Wildman–Crippen MR) is 103 cm³/mol. The highest BCUT2D eigenvalue weighted by Gasteiger charge is 2.26. The summed E-state index contributed by atoms with van der Waals surface area (Å²) in [7, 11) is 0. The first kappa shape index (κ1) is 17.4. The van der Waals surface area contributed by atoms with E-state index in [-0.39, 0.29) is 5.75 Å². The number of hydrogen-bond donors (Lipinski definition) is 2. The Kier molecular flexibility index (Phi) is 4.72. The van der Waals surface area contributed by atoms with Crippen molar-refractivity contribution < 1.29 is 14.6 Å². The van der Waals surface area contributed by atoms with Gasteiger partial charge in [0.05, 0.1) is 6.61 Å². The first-order valence-corrected chi connectivity index (χ1v) is 9.69. The van der Waals surface area contributed by atoms with E-state index in [1.807, 2.05) is 37.4 Å². The number of rotatable bonds is 4. The van der Waals surface area contributed by atoms with Crippen molar-refractivity contribution in [3.63, 3.8) is 0 Å². The van der Waals surface area contributed by atoms with E-state index in [2.05, 4.69) is 20.5 Å². The van der Waals surface area contributed by atoms with Gasteiger partial charge in [-0.1, -0.05) is 30.0 Å². The van der Waals surface area contributed by atoms with Crippen molar-refractivity contribution in [3.8, 4) is 28.6 Å². The molecule has 0 spiro atoms. The fourth-order valence-electron chi connectivity index (χ4n) is 2.85. The molecule has 138 valence electrons. The molecule has 0 amide bonds. The Balaban J connectivity index is 1.81. The predicted octanol–water partition coefficient (Wildman–Crippen LogP) is 3.87. The Morgan fingerprint density at radius 1 is 1.22 bits per heavy atom. The Morgan fingerprint density at radius 2 is 2.07 bits per heavy atom. The van der Waals surface area contributed by atoms with Crippen LogP contribution in [0.1, 0.15) is 18.7 Å². The minimum atomic E-state index is -0.529. The minimum Gasteiger partial charge on any atom is -0.504 e. The van der Waals surface area contributed by atoms with Gasteiger partial charge in [0.1, 0.15) is 0 Å². The van der Waals surface area contributed by atoms with Crippen LogP contribution in [0.2, 0.25) is 0 Å². The maximum atomic E-state index is 9.98. The number of benzene rings is 2. The van der Waals surface area contributed by atoms with Gasteiger partial charge in [0.15, 0.2) is 23.4 Å². The monoisotopic (exact) mass is 382 g/mol. The highest BCUT2D eigenvalue weighted by Crippen LogP contribution is 2.40. The first-order valence-electron chi connectivity index (χ1n) is 8.46. The molecule has 1 aromatic heterocycles. The molecule has 1 aliphatic rings. The van der Waals surface area contributed by atoms with Crippen molar-refractivity contribution in [2.75, 3.05) is 18.2 Å². The number of para-hydroxylation sites is 1. The molecule has 0 unspecified atom stereocenters. The van der Waals surface area contributed by atoms with Crippen molar-refractivity contribution in [2.45, 2.75) is 18.3 Å². The van der Waals surface area contributed by atoms with Gasteiger partial charge >= 0.3 is 0 Å². The van der Waals surface area contributed by atoms with Crippen LogP contribution in [0.4, 0.5) is 5.69 Å². The number of fused-ring (bicyclic) bond motifs is 3. The van der Waals surface area contributed by atoms with Crippen molar-refractivity contribution in [1.29, 1.82) is 0 Å². The molecule has 8 heteroatoms. The minimum absolute atomic E-state index is 0.0867. The topological polar surface area (TPSA) is 89.4 Å². The van der Waals surface area contributed by atoms with Crippen LogP contribution in [0, 0.1) is 0 Å². The molecule has 1 aliphatic heterocycles. The molecule has 4 rings (SSSR count). The number of nitrogens with one attached hydrogen (secondary N) is 1. The van der Waals surface area contributed by atoms with Crippen LogP contribution in [-0.2, 0) is 0 Å². The van der Waals surface area contributed by atoms with E-state index < -0.39 is 6.23 Å². The third-order valence-corrected chi connectivity index (χ3v) is 4.64. The molecular weight excluding hydrogens is 364 g/mol. The lowest BCUT2D eigenvalue weighted by molar-refractivity contribution is 0.224. The van der Waals surface area contributed by atoms with Gasteiger partial charge in [-0.15, -0.1) is 10.2 Å². The van der Waals surface area contributed by atoms with Gasteiger partial charge in [-0.05, 0) is 37.4 Å². The van der Waals surface area contributed by atoms with Gasteiger partial charge in [-0.3, -0.25) is 0 Å². The van der Waals surface area contributed by atoms with Crippen LogP contribution in [0.3, 0.4) is 0 Å². The second-order valence-corrected chi connectivity index (χ2v) is 6.57. The van der Waals surface area contributed by atoms with Gasteiger partial charge < -0.3 is 19.9 Å². The van der Waals surface area contributed by atoms with Crippen molar-refractivity contribution in [3.05, 3.63) is 48.0 Å². The number of aromatic nitrogens is 3. The largest absolute Gasteiger partial charge is 0.504 e. The number of nitrogens with zero attached hydrogens (tertiary/aromatic N) is 3. The summed E-state index contributed by atoms with van der Waals surface area (Å²) >= 11 is 1.40. The van der Waals surface area contributed by atoms with Gasteiger partial charge in [0.2, 0.25) is 11.0 Å². The molecule has 0 saturated heterocycles. The third-order valence-electron chi connectivity index (χ3n) is 4.10. The van der Waals surface area contributed by atoms with Crippen LogP contribution in [0.5, 0.6) is 17.4 Å². The van der Waals surface area contributed by atoms with E-state index in [1.165, 1.54) is 11.8 Å².